The van der Waals surface area contributed by atoms with Crippen LogP contribution in [0.4, 0.5) is 0 Å². The molecule has 0 N–H and O–H groups in total. The molecule has 0 atom stereocenters. The van der Waals surface area contributed by atoms with Crippen LogP contribution in [-0.4, -0.2) is 63.9 Å². The summed E-state index contributed by atoms with van der Waals surface area (Å²) >= 11 is 6.70. The van der Waals surface area contributed by atoms with E-state index < -0.39 is 0 Å². The Morgan fingerprint density at radius 1 is 1.26 bits per heavy atom. The van der Waals surface area contributed by atoms with E-state index in [-0.39, 0.29) is 18.4 Å². The second-order valence-electron chi connectivity index (χ2n) is 7.27. The first kappa shape index (κ1) is 23.5. The van der Waals surface area contributed by atoms with E-state index in [1.807, 2.05) is 47.7 Å². The monoisotopic (exact) mass is 459 g/mol. The second kappa shape index (κ2) is 10.4. The van der Waals surface area contributed by atoms with E-state index in [0.29, 0.717) is 35.5 Å². The molecule has 0 bridgehead atoms. The number of carbonyl (C=O) groups is 2. The lowest BCUT2D eigenvalue weighted by Gasteiger charge is -2.19. The zero-order valence-corrected chi connectivity index (χ0v) is 20.1. The van der Waals surface area contributed by atoms with E-state index in [9.17, 15) is 9.59 Å². The fourth-order valence-electron chi connectivity index (χ4n) is 3.83. The minimum atomic E-state index is -0.0983. The number of rotatable bonds is 9. The number of amides is 2. The van der Waals surface area contributed by atoms with Gasteiger partial charge in [0.2, 0.25) is 5.91 Å². The summed E-state index contributed by atoms with van der Waals surface area (Å²) < 4.78 is 7.66. The molecule has 2 amide bonds. The Morgan fingerprint density at radius 2 is 2.00 bits per heavy atom. The third-order valence-corrected chi connectivity index (χ3v) is 6.87. The number of likely N-dealkylation sites (N-methyl/N-ethyl adjacent to an activating group) is 1. The fraction of sp³-hybridized carbons (Fsp3) is 0.435. The van der Waals surface area contributed by atoms with Gasteiger partial charge in [0.15, 0.2) is 0 Å². The predicted molar refractivity (Wildman–Crippen MR) is 131 cm³/mol. The fourth-order valence-corrected chi connectivity index (χ4v) is 5.13. The van der Waals surface area contributed by atoms with Gasteiger partial charge in [0.25, 0.3) is 5.91 Å². The summed E-state index contributed by atoms with van der Waals surface area (Å²) in [7, 11) is 1.60. The number of aromatic nitrogens is 1. The number of thioether (sulfide) groups is 1. The van der Waals surface area contributed by atoms with Crippen LogP contribution in [0.3, 0.4) is 0 Å². The first-order valence-corrected chi connectivity index (χ1v) is 11.8. The van der Waals surface area contributed by atoms with Crippen molar-refractivity contribution in [2.75, 3.05) is 33.4 Å². The number of benzene rings is 1. The highest BCUT2D eigenvalue weighted by Crippen LogP contribution is 2.35. The van der Waals surface area contributed by atoms with Crippen molar-refractivity contribution in [3.05, 3.63) is 40.4 Å². The van der Waals surface area contributed by atoms with Crippen molar-refractivity contribution in [3.8, 4) is 0 Å². The number of thiocarbonyl (C=S) groups is 1. The first-order valence-electron chi connectivity index (χ1n) is 10.6. The van der Waals surface area contributed by atoms with Crippen molar-refractivity contribution >= 4 is 57.1 Å². The average molecular weight is 460 g/mol. The molecule has 1 aliphatic rings. The standard InChI is InChI=1S/C23H29N3O3S2/c1-5-16-9-8-10-18-17(13-19-22(28)26(11-12-29-4)23(30)31-19)14-25(21(16)18)15-20(27)24(6-2)7-3/h8-10,13-14H,5-7,11-12,15H2,1-4H3/b19-13-. The summed E-state index contributed by atoms with van der Waals surface area (Å²) in [6, 6.07) is 6.16. The highest BCUT2D eigenvalue weighted by molar-refractivity contribution is 8.26. The lowest BCUT2D eigenvalue weighted by Crippen LogP contribution is -2.33. The molecule has 0 radical (unpaired) electrons. The summed E-state index contributed by atoms with van der Waals surface area (Å²) in [5, 5.41) is 1.04. The Balaban J connectivity index is 2.02. The number of methoxy groups -OCH3 is 1. The molecule has 1 aliphatic heterocycles. The minimum absolute atomic E-state index is 0.0882. The van der Waals surface area contributed by atoms with Gasteiger partial charge in [0.1, 0.15) is 10.9 Å². The summed E-state index contributed by atoms with van der Waals surface area (Å²) in [6.07, 6.45) is 4.73. The molecule has 3 rings (SSSR count). The van der Waals surface area contributed by atoms with Gasteiger partial charge in [-0.25, -0.2) is 0 Å². The van der Waals surface area contributed by atoms with Crippen LogP contribution in [0, 0.1) is 0 Å². The SMILES string of the molecule is CCc1cccc2c(/C=C3\SC(=S)N(CCOC)C3=O)cn(CC(=O)N(CC)CC)c12. The van der Waals surface area contributed by atoms with Gasteiger partial charge in [0, 0.05) is 37.3 Å². The van der Waals surface area contributed by atoms with Crippen molar-refractivity contribution in [1.29, 1.82) is 0 Å². The van der Waals surface area contributed by atoms with Crippen molar-refractivity contribution in [2.24, 2.45) is 0 Å². The average Bonchev–Trinajstić information content (AvgIpc) is 3.24. The third-order valence-electron chi connectivity index (χ3n) is 5.49. The molecule has 2 aromatic rings. The zero-order chi connectivity index (χ0) is 22.5. The quantitative estimate of drug-likeness (QED) is 0.420. The third kappa shape index (κ3) is 4.86. The van der Waals surface area contributed by atoms with E-state index in [4.69, 9.17) is 17.0 Å². The van der Waals surface area contributed by atoms with Gasteiger partial charge in [-0.05, 0) is 31.9 Å². The van der Waals surface area contributed by atoms with Crippen molar-refractivity contribution in [1.82, 2.24) is 14.4 Å². The summed E-state index contributed by atoms with van der Waals surface area (Å²) in [4.78, 5) is 29.7. The molecule has 0 saturated carbocycles. The van der Waals surface area contributed by atoms with Gasteiger partial charge in [-0.1, -0.05) is 49.1 Å². The molecule has 6 nitrogen and oxygen atoms in total. The van der Waals surface area contributed by atoms with Crippen molar-refractivity contribution < 1.29 is 14.3 Å². The van der Waals surface area contributed by atoms with Gasteiger partial charge in [-0.2, -0.15) is 0 Å². The lowest BCUT2D eigenvalue weighted by atomic mass is 10.1. The molecule has 2 heterocycles. The van der Waals surface area contributed by atoms with Crippen LogP contribution in [-0.2, 0) is 27.3 Å². The summed E-state index contributed by atoms with van der Waals surface area (Å²) in [5.74, 6) is -0.0101. The normalized spacial score (nSPS) is 15.5. The lowest BCUT2D eigenvalue weighted by molar-refractivity contribution is -0.131. The number of hydrogen-bond acceptors (Lipinski definition) is 5. The molecule has 0 spiro atoms. The molecule has 0 aliphatic carbocycles. The summed E-state index contributed by atoms with van der Waals surface area (Å²) in [6.45, 7) is 8.62. The predicted octanol–water partition coefficient (Wildman–Crippen LogP) is 3.92. The molecule has 1 fully saturated rings. The van der Waals surface area contributed by atoms with Gasteiger partial charge >= 0.3 is 0 Å². The molecule has 0 unspecified atom stereocenters. The van der Waals surface area contributed by atoms with Crippen LogP contribution in [0.2, 0.25) is 0 Å². The number of nitrogens with zero attached hydrogens (tertiary/aromatic N) is 3. The number of fused-ring (bicyclic) bond motifs is 1. The van der Waals surface area contributed by atoms with Crippen LogP contribution in [0.25, 0.3) is 17.0 Å². The van der Waals surface area contributed by atoms with E-state index in [1.54, 1.807) is 12.0 Å². The van der Waals surface area contributed by atoms with Crippen LogP contribution in [0.15, 0.2) is 29.3 Å². The maximum absolute atomic E-state index is 12.9. The maximum Gasteiger partial charge on any atom is 0.266 e. The van der Waals surface area contributed by atoms with E-state index in [1.165, 1.54) is 17.3 Å². The van der Waals surface area contributed by atoms with Crippen molar-refractivity contribution in [3.63, 3.8) is 0 Å². The Labute approximate surface area is 193 Å². The van der Waals surface area contributed by atoms with Crippen LogP contribution < -0.4 is 0 Å². The second-order valence-corrected chi connectivity index (χ2v) is 8.95. The van der Waals surface area contributed by atoms with Crippen molar-refractivity contribution in [2.45, 2.75) is 33.7 Å². The molecule has 1 aromatic carbocycles. The Kier molecular flexibility index (Phi) is 7.91. The van der Waals surface area contributed by atoms with Gasteiger partial charge in [-0.15, -0.1) is 0 Å². The van der Waals surface area contributed by atoms with Gasteiger partial charge in [-0.3, -0.25) is 14.5 Å². The van der Waals surface area contributed by atoms with E-state index in [0.717, 1.165) is 22.9 Å². The largest absolute Gasteiger partial charge is 0.383 e. The summed E-state index contributed by atoms with van der Waals surface area (Å²) in [5.41, 5.74) is 3.15. The Morgan fingerprint density at radius 3 is 2.65 bits per heavy atom. The Hall–Kier alpha value is -2.16. The highest BCUT2D eigenvalue weighted by atomic mass is 32.2. The molecular weight excluding hydrogens is 430 g/mol. The van der Waals surface area contributed by atoms with Gasteiger partial charge < -0.3 is 14.2 Å². The maximum atomic E-state index is 12.9. The Bertz CT molecular complexity index is 1020. The molecule has 8 heteroatoms. The topological polar surface area (TPSA) is 54.8 Å². The number of ether oxygens (including phenoxy) is 1. The highest BCUT2D eigenvalue weighted by Gasteiger charge is 2.32. The number of hydrogen-bond donors (Lipinski definition) is 0. The minimum Gasteiger partial charge on any atom is -0.383 e. The molecule has 166 valence electrons. The van der Waals surface area contributed by atoms with Crippen LogP contribution in [0.5, 0.6) is 0 Å². The van der Waals surface area contributed by atoms with Crippen LogP contribution >= 0.6 is 24.0 Å². The molecule has 1 aromatic heterocycles. The smallest absolute Gasteiger partial charge is 0.266 e. The zero-order valence-electron chi connectivity index (χ0n) is 18.5. The number of carbonyl (C=O) groups excluding carboxylic acids is 2. The molecule has 1 saturated heterocycles. The van der Waals surface area contributed by atoms with Gasteiger partial charge in [0.05, 0.1) is 23.6 Å². The van der Waals surface area contributed by atoms with E-state index >= 15 is 0 Å². The van der Waals surface area contributed by atoms with Crippen LogP contribution in [0.1, 0.15) is 31.9 Å². The number of aryl methyl sites for hydroxylation is 1. The molecular formula is C23H29N3O3S2. The molecule has 31 heavy (non-hydrogen) atoms. The first-order chi connectivity index (χ1) is 14.9. The van der Waals surface area contributed by atoms with E-state index in [2.05, 4.69) is 13.0 Å². The number of para-hydroxylation sites is 1.